The number of nitrogens with zero attached hydrogens (tertiary/aromatic N) is 1. The van der Waals surface area contributed by atoms with Crippen molar-refractivity contribution in [1.29, 1.82) is 0 Å². The van der Waals surface area contributed by atoms with E-state index >= 15 is 0 Å². The van der Waals surface area contributed by atoms with Crippen molar-refractivity contribution in [2.75, 3.05) is 13.1 Å². The van der Waals surface area contributed by atoms with Gasteiger partial charge in [-0.3, -0.25) is 4.79 Å². The van der Waals surface area contributed by atoms with Crippen molar-refractivity contribution >= 4 is 5.91 Å². The summed E-state index contributed by atoms with van der Waals surface area (Å²) in [6, 6.07) is 0.238. The first-order valence-electron chi connectivity index (χ1n) is 7.53. The predicted octanol–water partition coefficient (Wildman–Crippen LogP) is 2.01. The van der Waals surface area contributed by atoms with Crippen LogP contribution in [-0.4, -0.2) is 29.9 Å². The zero-order valence-electron chi connectivity index (χ0n) is 11.7. The monoisotopic (exact) mass is 250 g/mol. The normalized spacial score (nSPS) is 31.8. The van der Waals surface area contributed by atoms with E-state index in [0.717, 1.165) is 19.5 Å². The molecule has 0 radical (unpaired) electrons. The molecule has 3 rings (SSSR count). The molecule has 0 bridgehead atoms. The molecule has 1 amide bonds. The number of hydrogen-bond donors (Lipinski definition) is 1. The van der Waals surface area contributed by atoms with Gasteiger partial charge >= 0.3 is 0 Å². The molecular formula is C15H26N2O. The summed E-state index contributed by atoms with van der Waals surface area (Å²) in [5.41, 5.74) is 6.23. The van der Waals surface area contributed by atoms with E-state index in [4.69, 9.17) is 5.73 Å². The van der Waals surface area contributed by atoms with Gasteiger partial charge in [0.15, 0.2) is 0 Å². The third-order valence-electron chi connectivity index (χ3n) is 5.17. The van der Waals surface area contributed by atoms with Gasteiger partial charge in [0.25, 0.3) is 0 Å². The summed E-state index contributed by atoms with van der Waals surface area (Å²) >= 11 is 0. The predicted molar refractivity (Wildman–Crippen MR) is 71.9 cm³/mol. The maximum absolute atomic E-state index is 12.7. The third kappa shape index (κ3) is 2.29. The molecule has 3 fully saturated rings. The summed E-state index contributed by atoms with van der Waals surface area (Å²) in [6.45, 7) is 6.11. The van der Waals surface area contributed by atoms with Crippen LogP contribution < -0.4 is 5.73 Å². The van der Waals surface area contributed by atoms with E-state index in [9.17, 15) is 4.79 Å². The summed E-state index contributed by atoms with van der Waals surface area (Å²) in [7, 11) is 0. The fraction of sp³-hybridized carbons (Fsp3) is 0.933. The van der Waals surface area contributed by atoms with Gasteiger partial charge in [-0.1, -0.05) is 13.8 Å². The van der Waals surface area contributed by atoms with E-state index in [-0.39, 0.29) is 11.5 Å². The van der Waals surface area contributed by atoms with Crippen LogP contribution in [0, 0.1) is 23.2 Å². The van der Waals surface area contributed by atoms with E-state index in [2.05, 4.69) is 18.7 Å². The maximum Gasteiger partial charge on any atom is 0.226 e. The number of rotatable bonds is 3. The van der Waals surface area contributed by atoms with Crippen molar-refractivity contribution in [3.63, 3.8) is 0 Å². The average molecular weight is 250 g/mol. The Morgan fingerprint density at radius 2 is 1.72 bits per heavy atom. The lowest BCUT2D eigenvalue weighted by Crippen LogP contribution is -2.55. The first-order chi connectivity index (χ1) is 8.49. The van der Waals surface area contributed by atoms with Gasteiger partial charge in [-0.25, -0.2) is 0 Å². The zero-order chi connectivity index (χ0) is 12.9. The number of carbonyl (C=O) groups is 1. The molecule has 3 aliphatic rings. The van der Waals surface area contributed by atoms with Crippen molar-refractivity contribution < 1.29 is 4.79 Å². The summed E-state index contributed by atoms with van der Waals surface area (Å²) in [4.78, 5) is 14.9. The van der Waals surface area contributed by atoms with Gasteiger partial charge in [-0.2, -0.15) is 0 Å². The second-order valence-corrected chi connectivity index (χ2v) is 7.34. The van der Waals surface area contributed by atoms with Crippen molar-refractivity contribution in [2.24, 2.45) is 28.9 Å². The van der Waals surface area contributed by atoms with Crippen LogP contribution in [0.5, 0.6) is 0 Å². The van der Waals surface area contributed by atoms with Crippen molar-refractivity contribution in [3.8, 4) is 0 Å². The van der Waals surface area contributed by atoms with E-state index < -0.39 is 0 Å². The third-order valence-corrected chi connectivity index (χ3v) is 5.17. The summed E-state index contributed by atoms with van der Waals surface area (Å²) in [5, 5.41) is 0. The largest absolute Gasteiger partial charge is 0.342 e. The maximum atomic E-state index is 12.7. The lowest BCUT2D eigenvalue weighted by Gasteiger charge is -2.43. The van der Waals surface area contributed by atoms with Gasteiger partial charge in [0.05, 0.1) is 0 Å². The van der Waals surface area contributed by atoms with Crippen LogP contribution in [0.4, 0.5) is 0 Å². The minimum absolute atomic E-state index is 0.0750. The van der Waals surface area contributed by atoms with Gasteiger partial charge in [0.2, 0.25) is 5.91 Å². The Bertz CT molecular complexity index is 332. The minimum atomic E-state index is 0.0750. The number of nitrogens with two attached hydrogens (primary N) is 1. The van der Waals surface area contributed by atoms with Crippen LogP contribution in [0.25, 0.3) is 0 Å². The second kappa shape index (κ2) is 4.22. The van der Waals surface area contributed by atoms with E-state index in [0.29, 0.717) is 23.7 Å². The number of piperidine rings is 1. The van der Waals surface area contributed by atoms with Gasteiger partial charge in [0, 0.05) is 25.0 Å². The SMILES string of the molecule is CC1(C)CN(C(=O)C(C2CC2)C2CC2)CCC1N. The summed E-state index contributed by atoms with van der Waals surface area (Å²) < 4.78 is 0. The molecule has 1 saturated heterocycles. The number of amides is 1. The Morgan fingerprint density at radius 3 is 2.17 bits per heavy atom. The highest BCUT2D eigenvalue weighted by Gasteiger charge is 2.48. The number of hydrogen-bond acceptors (Lipinski definition) is 2. The molecule has 3 nitrogen and oxygen atoms in total. The molecule has 2 N–H and O–H groups in total. The Kier molecular flexibility index (Phi) is 2.92. The molecule has 0 spiro atoms. The van der Waals surface area contributed by atoms with Crippen LogP contribution in [0.15, 0.2) is 0 Å². The number of likely N-dealkylation sites (tertiary alicyclic amines) is 1. The van der Waals surface area contributed by atoms with E-state index in [1.165, 1.54) is 25.7 Å². The smallest absolute Gasteiger partial charge is 0.226 e. The molecule has 18 heavy (non-hydrogen) atoms. The highest BCUT2D eigenvalue weighted by atomic mass is 16.2. The van der Waals surface area contributed by atoms with Crippen molar-refractivity contribution in [3.05, 3.63) is 0 Å². The quantitative estimate of drug-likeness (QED) is 0.833. The number of carbonyl (C=O) groups excluding carboxylic acids is 1. The van der Waals surface area contributed by atoms with Crippen molar-refractivity contribution in [1.82, 2.24) is 4.90 Å². The highest BCUT2D eigenvalue weighted by molar-refractivity contribution is 5.80. The van der Waals surface area contributed by atoms with Gasteiger partial charge in [0.1, 0.15) is 0 Å². The molecule has 102 valence electrons. The molecule has 0 aromatic rings. The minimum Gasteiger partial charge on any atom is -0.342 e. The molecular weight excluding hydrogens is 224 g/mol. The zero-order valence-corrected chi connectivity index (χ0v) is 11.7. The Hall–Kier alpha value is -0.570. The van der Waals surface area contributed by atoms with Crippen LogP contribution >= 0.6 is 0 Å². The Balaban J connectivity index is 1.68. The molecule has 1 atom stereocenters. The second-order valence-electron chi connectivity index (χ2n) is 7.34. The fourth-order valence-corrected chi connectivity index (χ4v) is 3.47. The van der Waals surface area contributed by atoms with E-state index in [1.807, 2.05) is 0 Å². The van der Waals surface area contributed by atoms with Gasteiger partial charge < -0.3 is 10.6 Å². The van der Waals surface area contributed by atoms with Crippen LogP contribution in [-0.2, 0) is 4.79 Å². The van der Waals surface area contributed by atoms with E-state index in [1.54, 1.807) is 0 Å². The molecule has 2 saturated carbocycles. The Morgan fingerprint density at radius 1 is 1.17 bits per heavy atom. The molecule has 1 unspecified atom stereocenters. The standard InChI is InChI=1S/C15H26N2O/c1-15(2)9-17(8-7-12(15)16)14(18)13(10-3-4-10)11-5-6-11/h10-13H,3-9,16H2,1-2H3. The van der Waals surface area contributed by atoms with Crippen molar-refractivity contribution in [2.45, 2.75) is 52.0 Å². The molecule has 0 aromatic carbocycles. The lowest BCUT2D eigenvalue weighted by atomic mass is 9.79. The van der Waals surface area contributed by atoms with Gasteiger partial charge in [-0.15, -0.1) is 0 Å². The first-order valence-corrected chi connectivity index (χ1v) is 7.53. The van der Waals surface area contributed by atoms with Crippen LogP contribution in [0.1, 0.15) is 46.0 Å². The Labute approximate surface area is 110 Å². The van der Waals surface area contributed by atoms with Crippen LogP contribution in [0.3, 0.4) is 0 Å². The highest BCUT2D eigenvalue weighted by Crippen LogP contribution is 2.50. The van der Waals surface area contributed by atoms with Gasteiger partial charge in [-0.05, 0) is 49.4 Å². The summed E-state index contributed by atoms with van der Waals surface area (Å²) in [5.74, 6) is 2.22. The topological polar surface area (TPSA) is 46.3 Å². The molecule has 1 heterocycles. The fourth-order valence-electron chi connectivity index (χ4n) is 3.47. The molecule has 3 heteroatoms. The average Bonchev–Trinajstić information content (AvgIpc) is 3.14. The first kappa shape index (κ1) is 12.5. The lowest BCUT2D eigenvalue weighted by molar-refractivity contribution is -0.140. The molecule has 0 aromatic heterocycles. The molecule has 1 aliphatic heterocycles. The summed E-state index contributed by atoms with van der Waals surface area (Å²) in [6.07, 6.45) is 6.08. The van der Waals surface area contributed by atoms with Crippen LogP contribution in [0.2, 0.25) is 0 Å². The molecule has 2 aliphatic carbocycles.